The average molecular weight is 432 g/mol. The number of carbonyl (C=O) groups excluding carboxylic acids is 1. The van der Waals surface area contributed by atoms with Crippen molar-refractivity contribution in [3.8, 4) is 11.5 Å². The van der Waals surface area contributed by atoms with E-state index in [9.17, 15) is 4.79 Å². The van der Waals surface area contributed by atoms with Crippen molar-refractivity contribution in [1.82, 2.24) is 14.8 Å². The van der Waals surface area contributed by atoms with Crippen LogP contribution in [0.25, 0.3) is 0 Å². The Morgan fingerprint density at radius 2 is 1.81 bits per heavy atom. The summed E-state index contributed by atoms with van der Waals surface area (Å²) in [5, 5.41) is 0. The van der Waals surface area contributed by atoms with E-state index in [1.807, 2.05) is 65.6 Å². The van der Waals surface area contributed by atoms with Crippen LogP contribution in [0.4, 0.5) is 0 Å². The third-order valence-electron chi connectivity index (χ3n) is 5.84. The zero-order chi connectivity index (χ0) is 22.3. The van der Waals surface area contributed by atoms with Crippen molar-refractivity contribution in [2.24, 2.45) is 0 Å². The maximum Gasteiger partial charge on any atom is 0.220 e. The number of aromatic nitrogens is 1. The Bertz CT molecular complexity index is 1020. The predicted molar refractivity (Wildman–Crippen MR) is 123 cm³/mol. The van der Waals surface area contributed by atoms with Gasteiger partial charge in [0.05, 0.1) is 18.8 Å². The number of piperazine rings is 1. The highest BCUT2D eigenvalue weighted by molar-refractivity contribution is 5.74. The fourth-order valence-corrected chi connectivity index (χ4v) is 4.12. The number of benzene rings is 2. The summed E-state index contributed by atoms with van der Waals surface area (Å²) in [6, 6.07) is 22.0. The van der Waals surface area contributed by atoms with Crippen molar-refractivity contribution in [3.63, 3.8) is 0 Å². The molecule has 0 saturated carbocycles. The number of hydrogen-bond acceptors (Lipinski definition) is 5. The lowest BCUT2D eigenvalue weighted by Gasteiger charge is -2.41. The van der Waals surface area contributed by atoms with Gasteiger partial charge in [0, 0.05) is 44.9 Å². The Morgan fingerprint density at radius 3 is 2.53 bits per heavy atom. The maximum atomic E-state index is 12.3. The van der Waals surface area contributed by atoms with Crippen LogP contribution in [0, 0.1) is 0 Å². The monoisotopic (exact) mass is 431 g/mol. The van der Waals surface area contributed by atoms with Crippen molar-refractivity contribution < 1.29 is 14.3 Å². The third kappa shape index (κ3) is 5.26. The number of rotatable bonds is 7. The molecule has 1 aliphatic rings. The molecule has 0 radical (unpaired) electrons. The number of hydrogen-bond donors (Lipinski definition) is 0. The van der Waals surface area contributed by atoms with Crippen LogP contribution in [0.15, 0.2) is 72.9 Å². The molecule has 1 atom stereocenters. The number of pyridine rings is 1. The molecule has 1 aromatic heterocycles. The van der Waals surface area contributed by atoms with E-state index in [1.54, 1.807) is 20.2 Å². The number of para-hydroxylation sites is 1. The Hall–Kier alpha value is -3.38. The van der Waals surface area contributed by atoms with Gasteiger partial charge in [0.2, 0.25) is 5.91 Å². The summed E-state index contributed by atoms with van der Waals surface area (Å²) in [5.74, 6) is 1.78. The van der Waals surface area contributed by atoms with Gasteiger partial charge in [-0.25, -0.2) is 0 Å². The minimum atomic E-state index is 0.00811. The first-order valence-electron chi connectivity index (χ1n) is 10.9. The van der Waals surface area contributed by atoms with E-state index < -0.39 is 0 Å². The second kappa shape index (κ2) is 10.3. The van der Waals surface area contributed by atoms with E-state index >= 15 is 0 Å². The number of methoxy groups -OCH3 is 1. The molecule has 4 rings (SSSR count). The van der Waals surface area contributed by atoms with E-state index in [2.05, 4.69) is 16.0 Å². The van der Waals surface area contributed by atoms with Gasteiger partial charge in [-0.2, -0.15) is 0 Å². The number of carbonyl (C=O) groups is 1. The van der Waals surface area contributed by atoms with Crippen LogP contribution < -0.4 is 9.47 Å². The number of nitrogens with zero attached hydrogens (tertiary/aromatic N) is 3. The van der Waals surface area contributed by atoms with Crippen LogP contribution in [0.1, 0.15) is 29.8 Å². The van der Waals surface area contributed by atoms with Crippen LogP contribution in [0.2, 0.25) is 0 Å². The summed E-state index contributed by atoms with van der Waals surface area (Å²) in [6.07, 6.45) is 1.78. The van der Waals surface area contributed by atoms with E-state index in [0.29, 0.717) is 13.2 Å². The first kappa shape index (κ1) is 21.8. The Kier molecular flexibility index (Phi) is 7.02. The molecule has 1 amide bonds. The molecule has 2 aromatic carbocycles. The highest BCUT2D eigenvalue weighted by Gasteiger charge is 2.30. The SMILES string of the molecule is COc1ccc([C@@H]2CN(Cc3ccccc3OCc3ccccn3)CCN2C(C)=O)cc1. The van der Waals surface area contributed by atoms with Gasteiger partial charge in [0.1, 0.15) is 18.1 Å². The lowest BCUT2D eigenvalue weighted by atomic mass is 10.0. The highest BCUT2D eigenvalue weighted by Crippen LogP contribution is 2.29. The highest BCUT2D eigenvalue weighted by atomic mass is 16.5. The summed E-state index contributed by atoms with van der Waals surface area (Å²) >= 11 is 0. The van der Waals surface area contributed by atoms with Gasteiger partial charge in [0.15, 0.2) is 0 Å². The molecule has 166 valence electrons. The van der Waals surface area contributed by atoms with Crippen LogP contribution in [0.3, 0.4) is 0 Å². The molecule has 0 spiro atoms. The van der Waals surface area contributed by atoms with Gasteiger partial charge >= 0.3 is 0 Å². The van der Waals surface area contributed by atoms with Gasteiger partial charge in [-0.1, -0.05) is 36.4 Å². The van der Waals surface area contributed by atoms with Crippen LogP contribution >= 0.6 is 0 Å². The second-order valence-corrected chi connectivity index (χ2v) is 7.95. The summed E-state index contributed by atoms with van der Waals surface area (Å²) in [5.41, 5.74) is 3.15. The molecular weight excluding hydrogens is 402 g/mol. The molecule has 1 fully saturated rings. The topological polar surface area (TPSA) is 54.9 Å². The van der Waals surface area contributed by atoms with E-state index in [1.165, 1.54) is 0 Å². The molecule has 2 heterocycles. The smallest absolute Gasteiger partial charge is 0.220 e. The largest absolute Gasteiger partial charge is 0.497 e. The van der Waals surface area contributed by atoms with E-state index in [4.69, 9.17) is 9.47 Å². The molecule has 1 saturated heterocycles. The third-order valence-corrected chi connectivity index (χ3v) is 5.84. The van der Waals surface area contributed by atoms with Gasteiger partial charge < -0.3 is 14.4 Å². The Morgan fingerprint density at radius 1 is 1.03 bits per heavy atom. The van der Waals surface area contributed by atoms with Crippen LogP contribution in [0.5, 0.6) is 11.5 Å². The lowest BCUT2D eigenvalue weighted by Crippen LogP contribution is -2.49. The first-order valence-corrected chi connectivity index (χ1v) is 10.9. The molecule has 6 nitrogen and oxygen atoms in total. The maximum absolute atomic E-state index is 12.3. The second-order valence-electron chi connectivity index (χ2n) is 7.95. The molecule has 3 aromatic rings. The van der Waals surface area contributed by atoms with Crippen molar-refractivity contribution in [3.05, 3.63) is 89.7 Å². The quantitative estimate of drug-likeness (QED) is 0.564. The fraction of sp³-hybridized carbons (Fsp3) is 0.308. The normalized spacial score (nSPS) is 16.6. The molecule has 1 aliphatic heterocycles. The molecule has 32 heavy (non-hydrogen) atoms. The van der Waals surface area contributed by atoms with Gasteiger partial charge in [-0.3, -0.25) is 14.7 Å². The Balaban J connectivity index is 1.48. The van der Waals surface area contributed by atoms with Crippen molar-refractivity contribution in [2.75, 3.05) is 26.7 Å². The van der Waals surface area contributed by atoms with Gasteiger partial charge in [0.25, 0.3) is 0 Å². The number of ether oxygens (including phenoxy) is 2. The van der Waals surface area contributed by atoms with Crippen LogP contribution in [-0.2, 0) is 17.9 Å². The molecule has 0 N–H and O–H groups in total. The molecular formula is C26H29N3O3. The first-order chi connectivity index (χ1) is 15.6. The molecule has 6 heteroatoms. The summed E-state index contributed by atoms with van der Waals surface area (Å²) in [4.78, 5) is 21.0. The fourth-order valence-electron chi connectivity index (χ4n) is 4.12. The summed E-state index contributed by atoms with van der Waals surface area (Å²) < 4.78 is 11.4. The summed E-state index contributed by atoms with van der Waals surface area (Å²) in [7, 11) is 1.66. The van der Waals surface area contributed by atoms with Crippen molar-refractivity contribution >= 4 is 5.91 Å². The van der Waals surface area contributed by atoms with E-state index in [0.717, 1.165) is 48.0 Å². The minimum absolute atomic E-state index is 0.00811. The van der Waals surface area contributed by atoms with E-state index in [-0.39, 0.29) is 11.9 Å². The van der Waals surface area contributed by atoms with Crippen LogP contribution in [-0.4, -0.2) is 47.4 Å². The Labute approximate surface area is 189 Å². The standard InChI is InChI=1S/C26H29N3O3/c1-20(30)29-16-15-28(18-25(29)21-10-12-24(31-2)13-11-21)17-22-7-3-4-9-26(22)32-19-23-8-5-6-14-27-23/h3-14,25H,15-19H2,1-2H3/t25-/m0/s1. The van der Waals surface area contributed by atoms with Gasteiger partial charge in [-0.05, 0) is 35.9 Å². The van der Waals surface area contributed by atoms with Crippen molar-refractivity contribution in [2.45, 2.75) is 26.1 Å². The molecule has 0 aliphatic carbocycles. The zero-order valence-electron chi connectivity index (χ0n) is 18.6. The van der Waals surface area contributed by atoms with Crippen molar-refractivity contribution in [1.29, 1.82) is 0 Å². The van der Waals surface area contributed by atoms with Gasteiger partial charge in [-0.15, -0.1) is 0 Å². The lowest BCUT2D eigenvalue weighted by molar-refractivity contribution is -0.134. The predicted octanol–water partition coefficient (Wildman–Crippen LogP) is 4.07. The summed E-state index contributed by atoms with van der Waals surface area (Å²) in [6.45, 7) is 5.12. The minimum Gasteiger partial charge on any atom is -0.497 e. The molecule has 0 bridgehead atoms. The molecule has 0 unspecified atom stereocenters. The average Bonchev–Trinajstić information content (AvgIpc) is 2.84. The zero-order valence-corrected chi connectivity index (χ0v) is 18.6. The number of amides is 1.